The fourth-order valence-corrected chi connectivity index (χ4v) is 16.2. The number of hydrogen-bond donors (Lipinski definition) is 0. The SMILES string of the molecule is CCCO[Si](CC)(CC)C(C)[Si](CC)(CC)OCCC. The first-order valence-corrected chi connectivity index (χ1v) is 13.6. The minimum atomic E-state index is -1.66. The molecule has 0 unspecified atom stereocenters. The van der Waals surface area contributed by atoms with Gasteiger partial charge in [-0.2, -0.15) is 0 Å². The summed E-state index contributed by atoms with van der Waals surface area (Å²) in [5.41, 5.74) is 0. The molecule has 0 rings (SSSR count). The molecule has 0 saturated heterocycles. The zero-order valence-corrected chi connectivity index (χ0v) is 17.1. The van der Waals surface area contributed by atoms with Crippen LogP contribution in [0.1, 0.15) is 61.3 Å². The lowest BCUT2D eigenvalue weighted by atomic mass is 10.5. The van der Waals surface area contributed by atoms with Crippen LogP contribution in [0.4, 0.5) is 0 Å². The lowest BCUT2D eigenvalue weighted by molar-refractivity contribution is 0.275. The summed E-state index contributed by atoms with van der Waals surface area (Å²) in [5.74, 6) is 0. The molecular formula is C16H38O2Si2. The molecule has 0 aromatic rings. The summed E-state index contributed by atoms with van der Waals surface area (Å²) in [4.78, 5) is 0. The minimum Gasteiger partial charge on any atom is -0.417 e. The van der Waals surface area contributed by atoms with Crippen molar-refractivity contribution in [1.29, 1.82) is 0 Å². The molecule has 2 nitrogen and oxygen atoms in total. The van der Waals surface area contributed by atoms with E-state index in [0.717, 1.165) is 26.1 Å². The second-order valence-electron chi connectivity index (χ2n) is 5.96. The first-order chi connectivity index (χ1) is 9.52. The average Bonchev–Trinajstić information content (AvgIpc) is 2.50. The third-order valence-corrected chi connectivity index (χ3v) is 17.8. The molecule has 0 saturated carbocycles. The van der Waals surface area contributed by atoms with E-state index in [0.29, 0.717) is 5.16 Å². The molecule has 20 heavy (non-hydrogen) atoms. The fourth-order valence-electron chi connectivity index (χ4n) is 3.47. The maximum atomic E-state index is 6.52. The van der Waals surface area contributed by atoms with Crippen LogP contribution in [0.3, 0.4) is 0 Å². The van der Waals surface area contributed by atoms with E-state index in [-0.39, 0.29) is 0 Å². The topological polar surface area (TPSA) is 18.5 Å². The summed E-state index contributed by atoms with van der Waals surface area (Å²) in [7, 11) is -3.32. The molecule has 0 aliphatic heterocycles. The number of rotatable bonds is 12. The van der Waals surface area contributed by atoms with Crippen molar-refractivity contribution in [3.8, 4) is 0 Å². The van der Waals surface area contributed by atoms with Gasteiger partial charge in [0, 0.05) is 13.2 Å². The van der Waals surface area contributed by atoms with Gasteiger partial charge in [-0.05, 0) is 42.2 Å². The molecular weight excluding hydrogens is 280 g/mol. The molecule has 122 valence electrons. The predicted molar refractivity (Wildman–Crippen MR) is 95.3 cm³/mol. The molecule has 0 aromatic heterocycles. The summed E-state index contributed by atoms with van der Waals surface area (Å²) in [6, 6.07) is 4.92. The molecule has 4 heteroatoms. The van der Waals surface area contributed by atoms with E-state index >= 15 is 0 Å². The molecule has 0 fully saturated rings. The van der Waals surface area contributed by atoms with Gasteiger partial charge in [-0.3, -0.25) is 0 Å². The largest absolute Gasteiger partial charge is 0.417 e. The van der Waals surface area contributed by atoms with Gasteiger partial charge in [-0.15, -0.1) is 0 Å². The van der Waals surface area contributed by atoms with Crippen molar-refractivity contribution >= 4 is 16.6 Å². The van der Waals surface area contributed by atoms with E-state index in [1.165, 1.54) is 24.2 Å². The Morgan fingerprint density at radius 3 is 1.15 bits per heavy atom. The van der Waals surface area contributed by atoms with Crippen LogP contribution in [0, 0.1) is 0 Å². The van der Waals surface area contributed by atoms with Gasteiger partial charge in [-0.1, -0.05) is 48.5 Å². The van der Waals surface area contributed by atoms with E-state index in [2.05, 4.69) is 48.5 Å². The highest BCUT2D eigenvalue weighted by molar-refractivity contribution is 6.93. The Labute approximate surface area is 129 Å². The van der Waals surface area contributed by atoms with Gasteiger partial charge in [0.25, 0.3) is 0 Å². The van der Waals surface area contributed by atoms with E-state index < -0.39 is 16.6 Å². The summed E-state index contributed by atoms with van der Waals surface area (Å²) in [6.07, 6.45) is 2.26. The Morgan fingerprint density at radius 1 is 0.650 bits per heavy atom. The molecule has 0 aliphatic rings. The highest BCUT2D eigenvalue weighted by atomic mass is 28.4. The Bertz CT molecular complexity index is 215. The average molecular weight is 319 g/mol. The summed E-state index contributed by atoms with van der Waals surface area (Å²) < 4.78 is 13.0. The first kappa shape index (κ1) is 20.4. The molecule has 0 bridgehead atoms. The third kappa shape index (κ3) is 4.68. The molecule has 0 N–H and O–H groups in total. The summed E-state index contributed by atoms with van der Waals surface area (Å²) >= 11 is 0. The quantitative estimate of drug-likeness (QED) is 0.427. The van der Waals surface area contributed by atoms with Gasteiger partial charge >= 0.3 is 0 Å². The molecule has 0 amide bonds. The van der Waals surface area contributed by atoms with Crippen molar-refractivity contribution in [3.05, 3.63) is 0 Å². The zero-order chi connectivity index (χ0) is 15.6. The third-order valence-electron chi connectivity index (χ3n) is 5.16. The monoisotopic (exact) mass is 318 g/mol. The van der Waals surface area contributed by atoms with Crippen LogP contribution in [0.15, 0.2) is 0 Å². The second kappa shape index (κ2) is 10.1. The van der Waals surface area contributed by atoms with Gasteiger partial charge in [0.2, 0.25) is 0 Å². The smallest absolute Gasteiger partial charge is 0.194 e. The lowest BCUT2D eigenvalue weighted by Gasteiger charge is -2.45. The van der Waals surface area contributed by atoms with E-state index in [1.54, 1.807) is 0 Å². The van der Waals surface area contributed by atoms with Gasteiger partial charge in [0.15, 0.2) is 16.6 Å². The van der Waals surface area contributed by atoms with E-state index in [1.807, 2.05) is 0 Å². The summed E-state index contributed by atoms with van der Waals surface area (Å²) in [6.45, 7) is 18.1. The Balaban J connectivity index is 5.27. The van der Waals surface area contributed by atoms with Crippen LogP contribution in [-0.2, 0) is 8.85 Å². The van der Waals surface area contributed by atoms with Gasteiger partial charge in [0.1, 0.15) is 0 Å². The van der Waals surface area contributed by atoms with Crippen LogP contribution < -0.4 is 0 Å². The normalized spacial score (nSPS) is 13.2. The zero-order valence-electron chi connectivity index (χ0n) is 15.1. The van der Waals surface area contributed by atoms with Crippen molar-refractivity contribution < 1.29 is 8.85 Å². The standard InChI is InChI=1S/C16H38O2Si2/c1-8-14-17-19(10-3,11-4)16(7)20(12-5,13-6)18-15-9-2/h16H,8-15H2,1-7H3. The van der Waals surface area contributed by atoms with Crippen LogP contribution >= 0.6 is 0 Å². The second-order valence-corrected chi connectivity index (χ2v) is 15.9. The predicted octanol–water partition coefficient (Wildman–Crippen LogP) is 5.74. The van der Waals surface area contributed by atoms with Gasteiger partial charge < -0.3 is 8.85 Å². The maximum absolute atomic E-state index is 6.52. The van der Waals surface area contributed by atoms with Gasteiger partial charge in [-0.25, -0.2) is 0 Å². The van der Waals surface area contributed by atoms with Gasteiger partial charge in [0.05, 0.1) is 0 Å². The van der Waals surface area contributed by atoms with E-state index in [4.69, 9.17) is 8.85 Å². The van der Waals surface area contributed by atoms with Crippen molar-refractivity contribution in [2.75, 3.05) is 13.2 Å². The minimum absolute atomic E-state index is 0.693. The van der Waals surface area contributed by atoms with Crippen molar-refractivity contribution in [2.24, 2.45) is 0 Å². The van der Waals surface area contributed by atoms with Crippen molar-refractivity contribution in [2.45, 2.75) is 90.6 Å². The molecule has 0 heterocycles. The highest BCUT2D eigenvalue weighted by Gasteiger charge is 2.50. The van der Waals surface area contributed by atoms with Crippen LogP contribution in [0.2, 0.25) is 29.3 Å². The molecule has 0 radical (unpaired) electrons. The van der Waals surface area contributed by atoms with Crippen LogP contribution in [0.5, 0.6) is 0 Å². The van der Waals surface area contributed by atoms with E-state index in [9.17, 15) is 0 Å². The molecule has 0 aliphatic carbocycles. The number of hydrogen-bond acceptors (Lipinski definition) is 2. The van der Waals surface area contributed by atoms with Crippen molar-refractivity contribution in [1.82, 2.24) is 0 Å². The molecule has 0 aromatic carbocycles. The molecule has 0 atom stereocenters. The molecule has 0 spiro atoms. The fraction of sp³-hybridized carbons (Fsp3) is 1.00. The lowest BCUT2D eigenvalue weighted by Crippen LogP contribution is -2.55. The van der Waals surface area contributed by atoms with Crippen LogP contribution in [-0.4, -0.2) is 29.8 Å². The Hall–Kier alpha value is 0.354. The van der Waals surface area contributed by atoms with Crippen molar-refractivity contribution in [3.63, 3.8) is 0 Å². The highest BCUT2D eigenvalue weighted by Crippen LogP contribution is 2.42. The maximum Gasteiger partial charge on any atom is 0.194 e. The van der Waals surface area contributed by atoms with Crippen LogP contribution in [0.25, 0.3) is 0 Å². The Kier molecular flexibility index (Phi) is 10.3. The first-order valence-electron chi connectivity index (χ1n) is 8.80. The summed E-state index contributed by atoms with van der Waals surface area (Å²) in [5, 5.41) is 0.693. The Morgan fingerprint density at radius 2 is 0.950 bits per heavy atom.